The van der Waals surface area contributed by atoms with Crippen molar-refractivity contribution in [2.45, 2.75) is 39.0 Å². The molecule has 1 atom stereocenters. The Bertz CT molecular complexity index is 715. The zero-order valence-electron chi connectivity index (χ0n) is 13.8. The molecule has 1 unspecified atom stereocenters. The highest BCUT2D eigenvalue weighted by atomic mass is 16.5. The molecule has 0 amide bonds. The molecule has 0 spiro atoms. The molecule has 8 heteroatoms. The van der Waals surface area contributed by atoms with Gasteiger partial charge in [-0.3, -0.25) is 4.98 Å². The van der Waals surface area contributed by atoms with Crippen LogP contribution in [0.2, 0.25) is 0 Å². The molecule has 1 aliphatic rings. The van der Waals surface area contributed by atoms with Gasteiger partial charge in [-0.15, -0.1) is 0 Å². The average Bonchev–Trinajstić information content (AvgIpc) is 3.03. The second kappa shape index (κ2) is 6.94. The lowest BCUT2D eigenvalue weighted by atomic mass is 9.98. The molecule has 1 aliphatic heterocycles. The zero-order valence-corrected chi connectivity index (χ0v) is 13.8. The predicted octanol–water partition coefficient (Wildman–Crippen LogP) is 2.14. The Kier molecular flexibility index (Phi) is 4.73. The van der Waals surface area contributed by atoms with Crippen LogP contribution < -0.4 is 4.90 Å². The van der Waals surface area contributed by atoms with Crippen molar-refractivity contribution in [3.63, 3.8) is 0 Å². The van der Waals surface area contributed by atoms with Gasteiger partial charge in [0.1, 0.15) is 5.82 Å². The Hall–Kier alpha value is -2.51. The molecule has 0 aliphatic carbocycles. The fraction of sp³-hybridized carbons (Fsp3) is 0.562. The van der Waals surface area contributed by atoms with Gasteiger partial charge in [0.15, 0.2) is 11.5 Å². The van der Waals surface area contributed by atoms with Crippen molar-refractivity contribution in [2.24, 2.45) is 5.92 Å². The molecule has 128 valence electrons. The number of carboxylic acid groups (broad SMARTS) is 1. The molecule has 3 rings (SSSR count). The third-order valence-corrected chi connectivity index (χ3v) is 4.01. The van der Waals surface area contributed by atoms with Gasteiger partial charge in [-0.05, 0) is 18.8 Å². The molecule has 8 nitrogen and oxygen atoms in total. The van der Waals surface area contributed by atoms with E-state index in [9.17, 15) is 4.79 Å². The van der Waals surface area contributed by atoms with E-state index in [-0.39, 0.29) is 11.6 Å². The quantitative estimate of drug-likeness (QED) is 0.888. The van der Waals surface area contributed by atoms with Gasteiger partial charge in [-0.1, -0.05) is 19.0 Å². The predicted molar refractivity (Wildman–Crippen MR) is 86.0 cm³/mol. The number of rotatable bonds is 5. The van der Waals surface area contributed by atoms with Gasteiger partial charge in [0.25, 0.3) is 0 Å². The minimum atomic E-state index is -1.08. The number of aromatic nitrogens is 4. The lowest BCUT2D eigenvalue weighted by molar-refractivity contribution is 0.0690. The van der Waals surface area contributed by atoms with Crippen molar-refractivity contribution in [1.82, 2.24) is 20.1 Å². The minimum Gasteiger partial charge on any atom is -0.476 e. The van der Waals surface area contributed by atoms with E-state index in [1.54, 1.807) is 6.20 Å². The SMILES string of the molecule is CC(C)Cc1noc(C2CCCN(c3cncc(C(=O)O)n3)C2)n1. The number of anilines is 1. The third-order valence-electron chi connectivity index (χ3n) is 4.01. The molecule has 1 saturated heterocycles. The number of piperidine rings is 1. The van der Waals surface area contributed by atoms with Gasteiger partial charge < -0.3 is 14.5 Å². The van der Waals surface area contributed by atoms with Gasteiger partial charge in [-0.25, -0.2) is 9.78 Å². The summed E-state index contributed by atoms with van der Waals surface area (Å²) in [7, 11) is 0. The first kappa shape index (κ1) is 16.4. The molecule has 1 fully saturated rings. The second-order valence-electron chi connectivity index (χ2n) is 6.50. The average molecular weight is 331 g/mol. The number of carboxylic acids is 1. The van der Waals surface area contributed by atoms with Crippen LogP contribution in [-0.2, 0) is 6.42 Å². The van der Waals surface area contributed by atoms with E-state index < -0.39 is 5.97 Å². The van der Waals surface area contributed by atoms with Crippen molar-refractivity contribution in [2.75, 3.05) is 18.0 Å². The van der Waals surface area contributed by atoms with E-state index >= 15 is 0 Å². The first-order chi connectivity index (χ1) is 11.5. The molecule has 0 radical (unpaired) electrons. The summed E-state index contributed by atoms with van der Waals surface area (Å²) < 4.78 is 5.43. The third kappa shape index (κ3) is 3.69. The van der Waals surface area contributed by atoms with Crippen molar-refractivity contribution < 1.29 is 14.4 Å². The number of carbonyl (C=O) groups is 1. The van der Waals surface area contributed by atoms with Crippen LogP contribution in [0.3, 0.4) is 0 Å². The van der Waals surface area contributed by atoms with Crippen LogP contribution in [0.15, 0.2) is 16.9 Å². The number of hydrogen-bond acceptors (Lipinski definition) is 7. The lowest BCUT2D eigenvalue weighted by Crippen LogP contribution is -2.35. The molecular weight excluding hydrogens is 310 g/mol. The molecule has 3 heterocycles. The van der Waals surface area contributed by atoms with E-state index in [4.69, 9.17) is 9.63 Å². The number of nitrogens with zero attached hydrogens (tertiary/aromatic N) is 5. The van der Waals surface area contributed by atoms with Crippen LogP contribution in [0.1, 0.15) is 54.8 Å². The smallest absolute Gasteiger partial charge is 0.356 e. The van der Waals surface area contributed by atoms with Crippen molar-refractivity contribution in [3.05, 3.63) is 29.8 Å². The molecular formula is C16H21N5O3. The Labute approximate surface area is 139 Å². The zero-order chi connectivity index (χ0) is 17.1. The highest BCUT2D eigenvalue weighted by molar-refractivity contribution is 5.85. The summed E-state index contributed by atoms with van der Waals surface area (Å²) in [4.78, 5) is 25.7. The van der Waals surface area contributed by atoms with Gasteiger partial charge in [0.2, 0.25) is 5.89 Å². The fourth-order valence-corrected chi connectivity index (χ4v) is 2.88. The summed E-state index contributed by atoms with van der Waals surface area (Å²) in [6.45, 7) is 5.71. The molecule has 0 aromatic carbocycles. The maximum Gasteiger partial charge on any atom is 0.356 e. The summed E-state index contributed by atoms with van der Waals surface area (Å²) in [5, 5.41) is 13.1. The number of hydrogen-bond donors (Lipinski definition) is 1. The fourth-order valence-electron chi connectivity index (χ4n) is 2.88. The summed E-state index contributed by atoms with van der Waals surface area (Å²) in [5.74, 6) is 1.49. The summed E-state index contributed by atoms with van der Waals surface area (Å²) in [6, 6.07) is 0. The molecule has 0 bridgehead atoms. The van der Waals surface area contributed by atoms with Crippen LogP contribution >= 0.6 is 0 Å². The van der Waals surface area contributed by atoms with Crippen LogP contribution in [0.5, 0.6) is 0 Å². The Morgan fingerprint density at radius 1 is 1.42 bits per heavy atom. The maximum atomic E-state index is 11.1. The Morgan fingerprint density at radius 3 is 3.00 bits per heavy atom. The van der Waals surface area contributed by atoms with Gasteiger partial charge in [0.05, 0.1) is 18.3 Å². The van der Waals surface area contributed by atoms with Crippen LogP contribution in [0, 0.1) is 5.92 Å². The standard InChI is InChI=1S/C16H21N5O3/c1-10(2)6-13-19-15(24-20-13)11-4-3-5-21(9-11)14-8-17-7-12(18-14)16(22)23/h7-8,10-11H,3-6,9H2,1-2H3,(H,22,23). The van der Waals surface area contributed by atoms with E-state index in [2.05, 4.69) is 34.0 Å². The van der Waals surface area contributed by atoms with E-state index in [1.165, 1.54) is 6.20 Å². The van der Waals surface area contributed by atoms with E-state index in [0.29, 0.717) is 24.2 Å². The molecule has 1 N–H and O–H groups in total. The largest absolute Gasteiger partial charge is 0.476 e. The summed E-state index contributed by atoms with van der Waals surface area (Å²) in [6.07, 6.45) is 5.56. The van der Waals surface area contributed by atoms with E-state index in [1.807, 2.05) is 4.90 Å². The molecule has 0 saturated carbocycles. The van der Waals surface area contributed by atoms with Gasteiger partial charge >= 0.3 is 5.97 Å². The minimum absolute atomic E-state index is 0.0494. The molecule has 2 aromatic heterocycles. The van der Waals surface area contributed by atoms with Crippen molar-refractivity contribution in [1.29, 1.82) is 0 Å². The highest BCUT2D eigenvalue weighted by Gasteiger charge is 2.27. The monoisotopic (exact) mass is 331 g/mol. The van der Waals surface area contributed by atoms with Crippen LogP contribution in [0.25, 0.3) is 0 Å². The summed E-state index contributed by atoms with van der Waals surface area (Å²) >= 11 is 0. The normalized spacial score (nSPS) is 18.1. The first-order valence-electron chi connectivity index (χ1n) is 8.15. The van der Waals surface area contributed by atoms with Crippen molar-refractivity contribution >= 4 is 11.8 Å². The topological polar surface area (TPSA) is 105 Å². The second-order valence-corrected chi connectivity index (χ2v) is 6.50. The van der Waals surface area contributed by atoms with E-state index in [0.717, 1.165) is 31.6 Å². The lowest BCUT2D eigenvalue weighted by Gasteiger charge is -2.31. The first-order valence-corrected chi connectivity index (χ1v) is 8.15. The Morgan fingerprint density at radius 2 is 2.25 bits per heavy atom. The van der Waals surface area contributed by atoms with Gasteiger partial charge in [0, 0.05) is 19.5 Å². The molecule has 24 heavy (non-hydrogen) atoms. The van der Waals surface area contributed by atoms with Crippen LogP contribution in [0.4, 0.5) is 5.82 Å². The maximum absolute atomic E-state index is 11.1. The highest BCUT2D eigenvalue weighted by Crippen LogP contribution is 2.28. The van der Waals surface area contributed by atoms with Gasteiger partial charge in [-0.2, -0.15) is 4.98 Å². The number of aromatic carboxylic acids is 1. The van der Waals surface area contributed by atoms with Crippen molar-refractivity contribution in [3.8, 4) is 0 Å². The molecule has 2 aromatic rings. The van der Waals surface area contributed by atoms with Crippen LogP contribution in [-0.4, -0.2) is 44.3 Å². The Balaban J connectivity index is 1.73. The summed E-state index contributed by atoms with van der Waals surface area (Å²) in [5.41, 5.74) is -0.0494.